The molecule has 2 aromatic carbocycles. The molecule has 0 aliphatic carbocycles. The van der Waals surface area contributed by atoms with Crippen LogP contribution in [0.1, 0.15) is 23.3 Å². The monoisotopic (exact) mass is 380 g/mol. The van der Waals surface area contributed by atoms with Crippen LogP contribution in [0, 0.1) is 0 Å². The van der Waals surface area contributed by atoms with E-state index in [0.29, 0.717) is 12.1 Å². The Balaban J connectivity index is 1.38. The van der Waals surface area contributed by atoms with Gasteiger partial charge in [-0.25, -0.2) is 0 Å². The van der Waals surface area contributed by atoms with Crippen molar-refractivity contribution in [1.82, 2.24) is 21.0 Å². The van der Waals surface area contributed by atoms with Crippen molar-refractivity contribution in [2.45, 2.75) is 17.7 Å². The molecule has 3 rings (SSSR count). The Bertz CT molecular complexity index is 881. The fourth-order valence-electron chi connectivity index (χ4n) is 2.39. The van der Waals surface area contributed by atoms with Gasteiger partial charge in [0.25, 0.3) is 5.91 Å². The summed E-state index contributed by atoms with van der Waals surface area (Å²) in [5.74, 6) is 0.184. The molecule has 0 spiro atoms. The lowest BCUT2D eigenvalue weighted by molar-refractivity contribution is -0.121. The molecule has 0 aliphatic rings. The van der Waals surface area contributed by atoms with Gasteiger partial charge >= 0.3 is 0 Å². The second kappa shape index (κ2) is 9.59. The van der Waals surface area contributed by atoms with Gasteiger partial charge < -0.3 is 0 Å². The number of carbonyl (C=O) groups is 2. The van der Waals surface area contributed by atoms with Gasteiger partial charge in [0.05, 0.1) is 5.69 Å². The number of aromatic nitrogens is 2. The number of hydrazine groups is 1. The van der Waals surface area contributed by atoms with Crippen LogP contribution in [0.5, 0.6) is 0 Å². The number of amides is 2. The predicted octanol–water partition coefficient (Wildman–Crippen LogP) is 3.41. The number of aromatic amines is 1. The molecular weight excluding hydrogens is 360 g/mol. The Labute approximate surface area is 161 Å². The quantitative estimate of drug-likeness (QED) is 0.333. The van der Waals surface area contributed by atoms with Crippen molar-refractivity contribution in [2.24, 2.45) is 0 Å². The zero-order valence-corrected chi connectivity index (χ0v) is 15.5. The lowest BCUT2D eigenvalue weighted by Crippen LogP contribution is -2.41. The third-order valence-corrected chi connectivity index (χ3v) is 4.87. The maximum atomic E-state index is 12.1. The van der Waals surface area contributed by atoms with Crippen LogP contribution in [0.4, 0.5) is 0 Å². The van der Waals surface area contributed by atoms with E-state index in [1.165, 1.54) is 4.90 Å². The summed E-state index contributed by atoms with van der Waals surface area (Å²) in [4.78, 5) is 25.1. The van der Waals surface area contributed by atoms with E-state index in [1.807, 2.05) is 60.7 Å². The van der Waals surface area contributed by atoms with Crippen LogP contribution < -0.4 is 10.9 Å². The maximum absolute atomic E-state index is 12.1. The van der Waals surface area contributed by atoms with Crippen LogP contribution in [0.3, 0.4) is 0 Å². The molecule has 0 bridgehead atoms. The van der Waals surface area contributed by atoms with Gasteiger partial charge in [-0.15, -0.1) is 11.8 Å². The summed E-state index contributed by atoms with van der Waals surface area (Å²) in [6.07, 6.45) is 1.07. The van der Waals surface area contributed by atoms with Gasteiger partial charge in [0, 0.05) is 16.9 Å². The molecule has 1 aromatic heterocycles. The minimum absolute atomic E-state index is 0.222. The Morgan fingerprint density at radius 3 is 2.41 bits per heavy atom. The molecule has 0 aliphatic heterocycles. The van der Waals surface area contributed by atoms with Crippen LogP contribution in [-0.4, -0.2) is 27.8 Å². The lowest BCUT2D eigenvalue weighted by atomic mass is 10.1. The first-order valence-electron chi connectivity index (χ1n) is 8.60. The maximum Gasteiger partial charge on any atom is 0.287 e. The summed E-state index contributed by atoms with van der Waals surface area (Å²) in [5, 5.41) is 6.80. The third kappa shape index (κ3) is 5.72. The topological polar surface area (TPSA) is 86.9 Å². The molecule has 0 atom stereocenters. The number of hydrogen-bond donors (Lipinski definition) is 3. The number of nitrogens with one attached hydrogen (secondary N) is 3. The van der Waals surface area contributed by atoms with Crippen LogP contribution in [-0.2, 0) is 4.79 Å². The Hall–Kier alpha value is -3.06. The van der Waals surface area contributed by atoms with E-state index in [2.05, 4.69) is 21.0 Å². The highest BCUT2D eigenvalue weighted by Gasteiger charge is 2.11. The largest absolute Gasteiger partial charge is 0.287 e. The summed E-state index contributed by atoms with van der Waals surface area (Å²) in [7, 11) is 0. The van der Waals surface area contributed by atoms with Gasteiger partial charge in [-0.2, -0.15) is 5.10 Å². The van der Waals surface area contributed by atoms with E-state index in [-0.39, 0.29) is 11.6 Å². The average Bonchev–Trinajstić information content (AvgIpc) is 3.21. The van der Waals surface area contributed by atoms with Crippen molar-refractivity contribution in [3.8, 4) is 11.3 Å². The molecule has 3 N–H and O–H groups in total. The average molecular weight is 380 g/mol. The smallest absolute Gasteiger partial charge is 0.273 e. The number of thioether (sulfide) groups is 1. The number of benzene rings is 2. The number of hydrogen-bond acceptors (Lipinski definition) is 4. The fourth-order valence-corrected chi connectivity index (χ4v) is 3.26. The first-order valence-corrected chi connectivity index (χ1v) is 9.59. The Morgan fingerprint density at radius 2 is 1.67 bits per heavy atom. The van der Waals surface area contributed by atoms with Crippen molar-refractivity contribution in [1.29, 1.82) is 0 Å². The van der Waals surface area contributed by atoms with Crippen LogP contribution >= 0.6 is 11.8 Å². The SMILES string of the molecule is O=C(CCCSc1ccccc1)NNC(=O)c1cc(-c2ccccc2)n[nH]1. The molecule has 2 amide bonds. The molecule has 0 radical (unpaired) electrons. The summed E-state index contributed by atoms with van der Waals surface area (Å²) < 4.78 is 0. The molecule has 138 valence electrons. The van der Waals surface area contributed by atoms with E-state index in [1.54, 1.807) is 17.8 Å². The summed E-state index contributed by atoms with van der Waals surface area (Å²) in [5.41, 5.74) is 6.71. The number of carbonyl (C=O) groups excluding carboxylic acids is 2. The van der Waals surface area contributed by atoms with E-state index in [0.717, 1.165) is 17.7 Å². The normalized spacial score (nSPS) is 10.4. The summed E-state index contributed by atoms with van der Waals surface area (Å²) in [6.45, 7) is 0. The Kier molecular flexibility index (Phi) is 6.65. The van der Waals surface area contributed by atoms with E-state index in [4.69, 9.17) is 0 Å². The molecule has 3 aromatic rings. The predicted molar refractivity (Wildman–Crippen MR) is 106 cm³/mol. The van der Waals surface area contributed by atoms with Crippen molar-refractivity contribution in [3.63, 3.8) is 0 Å². The van der Waals surface area contributed by atoms with Crippen LogP contribution in [0.2, 0.25) is 0 Å². The standard InChI is InChI=1S/C20H20N4O2S/c25-19(12-7-13-27-16-10-5-2-6-11-16)23-24-20(26)18-14-17(21-22-18)15-8-3-1-4-9-15/h1-6,8-11,14H,7,12-13H2,(H,21,22)(H,23,25)(H,24,26). The molecule has 27 heavy (non-hydrogen) atoms. The zero-order valence-electron chi connectivity index (χ0n) is 14.6. The van der Waals surface area contributed by atoms with E-state index < -0.39 is 5.91 Å². The molecule has 0 saturated heterocycles. The second-order valence-electron chi connectivity index (χ2n) is 5.80. The van der Waals surface area contributed by atoms with Crippen molar-refractivity contribution in [3.05, 3.63) is 72.4 Å². The van der Waals surface area contributed by atoms with Gasteiger partial charge in [-0.05, 0) is 30.4 Å². The molecular formula is C20H20N4O2S. The van der Waals surface area contributed by atoms with Gasteiger partial charge in [0.1, 0.15) is 5.69 Å². The molecule has 1 heterocycles. The second-order valence-corrected chi connectivity index (χ2v) is 6.97. The Morgan fingerprint density at radius 1 is 0.963 bits per heavy atom. The van der Waals surface area contributed by atoms with Gasteiger partial charge in [0.15, 0.2) is 0 Å². The van der Waals surface area contributed by atoms with E-state index >= 15 is 0 Å². The summed E-state index contributed by atoms with van der Waals surface area (Å²) >= 11 is 1.70. The van der Waals surface area contributed by atoms with Gasteiger partial charge in [-0.1, -0.05) is 48.5 Å². The zero-order chi connectivity index (χ0) is 18.9. The molecule has 7 heteroatoms. The first-order chi connectivity index (χ1) is 13.2. The van der Waals surface area contributed by atoms with Gasteiger partial charge in [-0.3, -0.25) is 25.5 Å². The highest BCUT2D eigenvalue weighted by molar-refractivity contribution is 7.99. The van der Waals surface area contributed by atoms with E-state index in [9.17, 15) is 9.59 Å². The minimum Gasteiger partial charge on any atom is -0.273 e. The first kappa shape index (κ1) is 18.7. The molecule has 0 unspecified atom stereocenters. The number of H-pyrrole nitrogens is 1. The van der Waals surface area contributed by atoms with Gasteiger partial charge in [0.2, 0.25) is 5.91 Å². The molecule has 0 saturated carbocycles. The van der Waals surface area contributed by atoms with Crippen molar-refractivity contribution >= 4 is 23.6 Å². The third-order valence-electron chi connectivity index (χ3n) is 3.77. The number of rotatable bonds is 7. The minimum atomic E-state index is -0.434. The van der Waals surface area contributed by atoms with Crippen molar-refractivity contribution in [2.75, 3.05) is 5.75 Å². The molecule has 0 fully saturated rings. The highest BCUT2D eigenvalue weighted by Crippen LogP contribution is 2.18. The fraction of sp³-hybridized carbons (Fsp3) is 0.150. The lowest BCUT2D eigenvalue weighted by Gasteiger charge is -2.06. The summed E-state index contributed by atoms with van der Waals surface area (Å²) in [6, 6.07) is 21.2. The molecule has 6 nitrogen and oxygen atoms in total. The van der Waals surface area contributed by atoms with Crippen LogP contribution in [0.25, 0.3) is 11.3 Å². The number of nitrogens with zero attached hydrogens (tertiary/aromatic N) is 1. The van der Waals surface area contributed by atoms with Crippen molar-refractivity contribution < 1.29 is 9.59 Å². The van der Waals surface area contributed by atoms with Crippen LogP contribution in [0.15, 0.2) is 71.6 Å². The highest BCUT2D eigenvalue weighted by atomic mass is 32.2.